The molecule has 0 nitrogen and oxygen atoms in total. The summed E-state index contributed by atoms with van der Waals surface area (Å²) in [5.41, 5.74) is 14.2. The molecule has 2 aliphatic carbocycles. The van der Waals surface area contributed by atoms with Gasteiger partial charge < -0.3 is 0 Å². The van der Waals surface area contributed by atoms with Crippen molar-refractivity contribution in [2.24, 2.45) is 0 Å². The maximum absolute atomic E-state index is 5.61. The Kier molecular flexibility index (Phi) is 7.68. The van der Waals surface area contributed by atoms with Gasteiger partial charge in [-0.25, -0.2) is 0 Å². The van der Waals surface area contributed by atoms with Gasteiger partial charge in [-0.1, -0.05) is 0 Å². The van der Waals surface area contributed by atoms with Gasteiger partial charge in [0, 0.05) is 0 Å². The van der Waals surface area contributed by atoms with Crippen molar-refractivity contribution in [3.8, 4) is 22.3 Å². The molecule has 0 fully saturated rings. The topological polar surface area (TPSA) is 0 Å². The van der Waals surface area contributed by atoms with Crippen molar-refractivity contribution >= 4 is 19.1 Å². The van der Waals surface area contributed by atoms with Gasteiger partial charge in [-0.05, 0) is 0 Å². The standard InChI is InChI=1S/2C19H19.2C4H9.2CH3.Hf.H2Si/c2*1-19(2,3)16-10-4-9-15(13-16)18-12-6-8-14-7-5-11-17(14)18;2*1-4(2)3;;;;/h2*4-13H,1-3H3;2*1-3H3;2*1H3;;1H2. The minimum absolute atomic E-state index is 0.0121. The Hall–Kier alpha value is -2.55. The summed E-state index contributed by atoms with van der Waals surface area (Å²) in [4.78, 5) is 0. The molecule has 0 aromatic heterocycles. The number of allylic oxidation sites excluding steroid dienone is 2. The van der Waals surface area contributed by atoms with Crippen molar-refractivity contribution in [2.45, 2.75) is 117 Å². The molecule has 0 saturated carbocycles. The monoisotopic (exact) mass is 848 g/mol. The molecule has 0 radical (unpaired) electrons. The first-order valence-corrected chi connectivity index (χ1v) is 42.3. The van der Waals surface area contributed by atoms with Crippen LogP contribution in [-0.4, -0.2) is 6.94 Å². The quantitative estimate of drug-likeness (QED) is 0.180. The number of fused-ring (bicyclic) bond motifs is 2. The van der Waals surface area contributed by atoms with Crippen LogP contribution in [0.3, 0.4) is 0 Å². The summed E-state index contributed by atoms with van der Waals surface area (Å²) in [5, 5.41) is 0. The molecule has 0 bridgehead atoms. The van der Waals surface area contributed by atoms with Crippen LogP contribution in [-0.2, 0) is 25.0 Å². The Morgan fingerprint density at radius 1 is 0.480 bits per heavy atom. The predicted molar refractivity (Wildman–Crippen MR) is 224 cm³/mol. The number of hydrogen-bond donors (Lipinski definition) is 0. The Bertz CT molecular complexity index is 2080. The average Bonchev–Trinajstić information content (AvgIpc) is 3.66. The van der Waals surface area contributed by atoms with Gasteiger partial charge >= 0.3 is 303 Å². The third kappa shape index (κ3) is 4.36. The van der Waals surface area contributed by atoms with E-state index in [2.05, 4.69) is 209 Å². The van der Waals surface area contributed by atoms with Crippen molar-refractivity contribution < 1.29 is 14.2 Å². The molecule has 2 atom stereocenters. The van der Waals surface area contributed by atoms with Crippen LogP contribution in [0.1, 0.15) is 124 Å². The molecule has 50 heavy (non-hydrogen) atoms. The minimum atomic E-state index is -5.61. The van der Waals surface area contributed by atoms with Crippen LogP contribution in [0.2, 0.25) is 15.7 Å². The number of hydrogen-bond acceptors (Lipinski definition) is 0. The van der Waals surface area contributed by atoms with E-state index < -0.39 is 14.2 Å². The molecule has 0 amide bonds. The first-order valence-electron chi connectivity index (χ1n) is 19.0. The molecular weight excluding hydrogens is 783 g/mol. The Morgan fingerprint density at radius 3 is 1.14 bits per heavy atom. The van der Waals surface area contributed by atoms with Crippen LogP contribution in [0, 0.1) is 0 Å². The Labute approximate surface area is 301 Å². The van der Waals surface area contributed by atoms with Gasteiger partial charge in [-0.15, -0.1) is 0 Å². The van der Waals surface area contributed by atoms with E-state index in [1.165, 1.54) is 55.6 Å². The Balaban J connectivity index is 1.66. The molecule has 0 spiro atoms. The summed E-state index contributed by atoms with van der Waals surface area (Å²) in [6, 6.07) is 32.9. The van der Waals surface area contributed by atoms with Crippen molar-refractivity contribution in [3.05, 3.63) is 130 Å². The zero-order chi connectivity index (χ0) is 37.0. The van der Waals surface area contributed by atoms with Crippen LogP contribution in [0.15, 0.2) is 97.1 Å². The van der Waals surface area contributed by atoms with Gasteiger partial charge in [-0.2, -0.15) is 0 Å². The molecule has 4 aromatic rings. The van der Waals surface area contributed by atoms with Gasteiger partial charge in [-0.3, -0.25) is 0 Å². The van der Waals surface area contributed by atoms with E-state index in [-0.39, 0.29) is 17.2 Å². The molecule has 2 heteroatoms. The van der Waals surface area contributed by atoms with Gasteiger partial charge in [0.25, 0.3) is 0 Å². The second-order valence-electron chi connectivity index (χ2n) is 22.4. The molecule has 2 unspecified atom stereocenters. The fourth-order valence-corrected chi connectivity index (χ4v) is 57.5. The molecule has 6 rings (SSSR count). The van der Waals surface area contributed by atoms with Crippen LogP contribution >= 0.6 is 0 Å². The normalized spacial score (nSPS) is 20.1. The van der Waals surface area contributed by atoms with Gasteiger partial charge in [0.15, 0.2) is 0 Å². The van der Waals surface area contributed by atoms with E-state index >= 15 is 0 Å². The summed E-state index contributed by atoms with van der Waals surface area (Å²) in [6.45, 7) is 32.1. The van der Waals surface area contributed by atoms with Crippen LogP contribution < -0.4 is 0 Å². The van der Waals surface area contributed by atoms with E-state index in [9.17, 15) is 0 Å². The molecule has 264 valence electrons. The molecule has 0 aliphatic heterocycles. The molecule has 4 aromatic carbocycles. The first-order chi connectivity index (χ1) is 22.7. The average molecular weight is 848 g/mol. The second kappa shape index (κ2) is 10.3. The van der Waals surface area contributed by atoms with Gasteiger partial charge in [0.2, 0.25) is 0 Å². The van der Waals surface area contributed by atoms with Crippen LogP contribution in [0.5, 0.6) is 0 Å². The van der Waals surface area contributed by atoms with Crippen molar-refractivity contribution in [1.82, 2.24) is 0 Å². The van der Waals surface area contributed by atoms with E-state index in [1.54, 1.807) is 0 Å². The molecule has 2 aliphatic rings. The molecular formula is C48H64HfSi. The summed E-state index contributed by atoms with van der Waals surface area (Å²) in [6.07, 6.45) is 10.4. The van der Waals surface area contributed by atoms with E-state index in [0.717, 1.165) is 0 Å². The third-order valence-corrected chi connectivity index (χ3v) is 111. The van der Waals surface area contributed by atoms with Crippen molar-refractivity contribution in [3.63, 3.8) is 0 Å². The number of rotatable bonds is 4. The third-order valence-electron chi connectivity index (χ3n) is 17.1. The van der Waals surface area contributed by atoms with Gasteiger partial charge in [0.05, 0.1) is 0 Å². The zero-order valence-corrected chi connectivity index (χ0v) is 38.8. The van der Waals surface area contributed by atoms with E-state index in [4.69, 9.17) is 0 Å². The molecule has 0 saturated heterocycles. The summed E-state index contributed by atoms with van der Waals surface area (Å²) in [5.74, 6) is 0. The van der Waals surface area contributed by atoms with E-state index in [0.29, 0.717) is 7.35 Å². The summed E-state index contributed by atoms with van der Waals surface area (Å²) in [7, 11) is 0. The SMILES string of the molecule is CC(C)(C)c1cccc(-c2cccc3c2C=C[CH]3[Hf]([CH3])([CH3])(=[SiH2])([CH]2C=Cc3c(-c4cccc(C(C)(C)C)c4)cccc32)([C](C)(C)C)[C](C)(C)C)c1. The van der Waals surface area contributed by atoms with Gasteiger partial charge in [0.1, 0.15) is 0 Å². The summed E-state index contributed by atoms with van der Waals surface area (Å²) < 4.78 is 6.45. The molecule has 0 heterocycles. The first kappa shape index (κ1) is 37.2. The van der Waals surface area contributed by atoms with Crippen molar-refractivity contribution in [1.29, 1.82) is 0 Å². The fraction of sp³-hybridized carbons (Fsp3) is 0.417. The fourth-order valence-electron chi connectivity index (χ4n) is 10.8. The predicted octanol–water partition coefficient (Wildman–Crippen LogP) is 14.3. The van der Waals surface area contributed by atoms with Crippen LogP contribution in [0.4, 0.5) is 0 Å². The maximum atomic E-state index is 2.90. The zero-order valence-electron chi connectivity index (χ0n) is 33.8. The van der Waals surface area contributed by atoms with Crippen LogP contribution in [0.25, 0.3) is 34.4 Å². The molecule has 0 N–H and O–H groups in total. The Morgan fingerprint density at radius 2 is 0.820 bits per heavy atom. The second-order valence-corrected chi connectivity index (χ2v) is 97.6. The number of benzene rings is 4. The van der Waals surface area contributed by atoms with E-state index in [1.807, 2.05) is 0 Å². The van der Waals surface area contributed by atoms with Crippen molar-refractivity contribution in [2.75, 3.05) is 0 Å². The summed E-state index contributed by atoms with van der Waals surface area (Å²) >= 11 is -5.61.